The van der Waals surface area contributed by atoms with Gasteiger partial charge in [-0.3, -0.25) is 0 Å². The third-order valence-corrected chi connectivity index (χ3v) is 3.94. The fourth-order valence-electron chi connectivity index (χ4n) is 2.64. The molecule has 0 aliphatic heterocycles. The Bertz CT molecular complexity index is 920. The molecule has 10 heteroatoms. The molecule has 0 spiro atoms. The number of nitrogens with one attached hydrogen (secondary N) is 2. The molecule has 2 N–H and O–H groups in total. The molecule has 0 fully saturated rings. The van der Waals surface area contributed by atoms with E-state index in [1.807, 2.05) is 13.0 Å². The number of para-hydroxylation sites is 1. The zero-order valence-corrected chi connectivity index (χ0v) is 19.5. The lowest BCUT2D eigenvalue weighted by molar-refractivity contribution is -0.0520. The number of nitriles is 1. The number of hydrogen-bond acceptors (Lipinski definition) is 4. The quantitative estimate of drug-likeness (QED) is 0.273. The number of alkyl halides is 2. The number of ether oxygens (including phenoxy) is 2. The lowest BCUT2D eigenvalue weighted by Crippen LogP contribution is -2.37. The smallest absolute Gasteiger partial charge is 0.387 e. The van der Waals surface area contributed by atoms with E-state index in [4.69, 9.17) is 10.00 Å². The standard InChI is InChI=1S/C21H23F3N4O2.HI/c1-3-26-21(28-13-16-10-14(11-25)8-9-17(16)22)27-12-15-6-5-7-18(29-4-2)19(15)30-20(23)24;/h5-10,20H,3-4,12-13H2,1-2H3,(H2,26,27,28);1H. The third-order valence-electron chi connectivity index (χ3n) is 3.94. The summed E-state index contributed by atoms with van der Waals surface area (Å²) in [6, 6.07) is 10.9. The summed E-state index contributed by atoms with van der Waals surface area (Å²) in [6.45, 7) is 1.55. The van der Waals surface area contributed by atoms with E-state index < -0.39 is 12.4 Å². The minimum atomic E-state index is -3.00. The van der Waals surface area contributed by atoms with Gasteiger partial charge in [0.2, 0.25) is 0 Å². The lowest BCUT2D eigenvalue weighted by Gasteiger charge is -2.17. The van der Waals surface area contributed by atoms with E-state index in [1.165, 1.54) is 18.2 Å². The highest BCUT2D eigenvalue weighted by Gasteiger charge is 2.16. The second kappa shape index (κ2) is 13.6. The fourth-order valence-corrected chi connectivity index (χ4v) is 2.64. The summed E-state index contributed by atoms with van der Waals surface area (Å²) < 4.78 is 49.7. The van der Waals surface area contributed by atoms with E-state index in [0.29, 0.717) is 30.2 Å². The molecule has 31 heavy (non-hydrogen) atoms. The molecule has 2 rings (SSSR count). The van der Waals surface area contributed by atoms with Crippen LogP contribution < -0.4 is 20.1 Å². The van der Waals surface area contributed by atoms with Gasteiger partial charge in [0.1, 0.15) is 5.82 Å². The molecule has 0 saturated carbocycles. The van der Waals surface area contributed by atoms with E-state index in [1.54, 1.807) is 25.1 Å². The minimum absolute atomic E-state index is 0. The van der Waals surface area contributed by atoms with Gasteiger partial charge in [0.25, 0.3) is 0 Å². The maximum Gasteiger partial charge on any atom is 0.387 e. The molecule has 0 bridgehead atoms. The average Bonchev–Trinajstić information content (AvgIpc) is 2.72. The average molecular weight is 548 g/mol. The molecule has 0 radical (unpaired) electrons. The summed E-state index contributed by atoms with van der Waals surface area (Å²) in [7, 11) is 0. The largest absolute Gasteiger partial charge is 0.490 e. The molecule has 0 saturated heterocycles. The predicted molar refractivity (Wildman–Crippen MR) is 122 cm³/mol. The fraction of sp³-hybridized carbons (Fsp3) is 0.333. The summed E-state index contributed by atoms with van der Waals surface area (Å²) in [5.74, 6) is 0.0506. The molecule has 6 nitrogen and oxygen atoms in total. The summed E-state index contributed by atoms with van der Waals surface area (Å²) in [6.07, 6.45) is 0. The van der Waals surface area contributed by atoms with Crippen molar-refractivity contribution >= 4 is 29.9 Å². The van der Waals surface area contributed by atoms with Gasteiger partial charge in [-0.05, 0) is 38.1 Å². The number of nitrogens with zero attached hydrogens (tertiary/aromatic N) is 2. The van der Waals surface area contributed by atoms with E-state index in [2.05, 4.69) is 20.4 Å². The molecule has 2 aromatic rings. The molecule has 168 valence electrons. The molecule has 0 aliphatic carbocycles. The van der Waals surface area contributed by atoms with Crippen molar-refractivity contribution in [3.63, 3.8) is 0 Å². The highest BCUT2D eigenvalue weighted by Crippen LogP contribution is 2.32. The van der Waals surface area contributed by atoms with Crippen molar-refractivity contribution in [3.8, 4) is 17.6 Å². The van der Waals surface area contributed by atoms with Crippen LogP contribution in [0.2, 0.25) is 0 Å². The first-order chi connectivity index (χ1) is 14.5. The summed E-state index contributed by atoms with van der Waals surface area (Å²) in [4.78, 5) is 4.31. The van der Waals surface area contributed by atoms with Crippen LogP contribution >= 0.6 is 24.0 Å². The Morgan fingerprint density at radius 1 is 1.16 bits per heavy atom. The van der Waals surface area contributed by atoms with Crippen LogP contribution in [-0.2, 0) is 13.1 Å². The van der Waals surface area contributed by atoms with Crippen molar-refractivity contribution in [2.45, 2.75) is 33.5 Å². The second-order valence-corrected chi connectivity index (χ2v) is 6.02. The number of hydrogen-bond donors (Lipinski definition) is 2. The molecule has 0 amide bonds. The Labute approximate surface area is 196 Å². The molecule has 0 unspecified atom stereocenters. The van der Waals surface area contributed by atoms with Gasteiger partial charge in [-0.25, -0.2) is 9.38 Å². The minimum Gasteiger partial charge on any atom is -0.490 e. The van der Waals surface area contributed by atoms with Crippen LogP contribution in [0.25, 0.3) is 0 Å². The first-order valence-electron chi connectivity index (χ1n) is 9.38. The highest BCUT2D eigenvalue weighted by molar-refractivity contribution is 14.0. The van der Waals surface area contributed by atoms with Gasteiger partial charge in [-0.15, -0.1) is 24.0 Å². The summed E-state index contributed by atoms with van der Waals surface area (Å²) in [5.41, 5.74) is 1.05. The first-order valence-corrected chi connectivity index (χ1v) is 9.38. The van der Waals surface area contributed by atoms with Crippen molar-refractivity contribution in [1.29, 1.82) is 5.26 Å². The Kier molecular flexibility index (Phi) is 11.6. The van der Waals surface area contributed by atoms with Crippen molar-refractivity contribution in [3.05, 3.63) is 58.9 Å². The SMILES string of the molecule is CCNC(=NCc1cc(C#N)ccc1F)NCc1cccc(OCC)c1OC(F)F.I. The third kappa shape index (κ3) is 8.16. The zero-order valence-electron chi connectivity index (χ0n) is 17.1. The van der Waals surface area contributed by atoms with Crippen molar-refractivity contribution in [1.82, 2.24) is 10.6 Å². The van der Waals surface area contributed by atoms with E-state index in [9.17, 15) is 13.2 Å². The number of benzene rings is 2. The molecule has 2 aromatic carbocycles. The van der Waals surface area contributed by atoms with E-state index in [-0.39, 0.29) is 54.1 Å². The number of guanidine groups is 1. The monoisotopic (exact) mass is 548 g/mol. The lowest BCUT2D eigenvalue weighted by atomic mass is 10.1. The van der Waals surface area contributed by atoms with Gasteiger partial charge in [0, 0.05) is 24.2 Å². The van der Waals surface area contributed by atoms with Crippen molar-refractivity contribution < 1.29 is 22.6 Å². The van der Waals surface area contributed by atoms with Crippen LogP contribution in [0.1, 0.15) is 30.5 Å². The Hall–Kier alpha value is -2.68. The van der Waals surface area contributed by atoms with Crippen LogP contribution in [0.15, 0.2) is 41.4 Å². The maximum atomic E-state index is 14.0. The van der Waals surface area contributed by atoms with Gasteiger partial charge >= 0.3 is 6.61 Å². The zero-order chi connectivity index (χ0) is 21.9. The van der Waals surface area contributed by atoms with E-state index >= 15 is 0 Å². The number of aliphatic imine (C=N–C) groups is 1. The number of halogens is 4. The molecular formula is C21H24F3IN4O2. The predicted octanol–water partition coefficient (Wildman–Crippen LogP) is 4.57. The van der Waals surface area contributed by atoms with E-state index in [0.717, 1.165) is 0 Å². The Morgan fingerprint density at radius 3 is 2.58 bits per heavy atom. The topological polar surface area (TPSA) is 78.7 Å². The Morgan fingerprint density at radius 2 is 1.94 bits per heavy atom. The van der Waals surface area contributed by atoms with Crippen molar-refractivity contribution in [2.75, 3.05) is 13.2 Å². The van der Waals surface area contributed by atoms with Crippen molar-refractivity contribution in [2.24, 2.45) is 4.99 Å². The first kappa shape index (κ1) is 26.4. The Balaban J connectivity index is 0.00000480. The summed E-state index contributed by atoms with van der Waals surface area (Å²) in [5, 5.41) is 15.0. The molecule has 0 aliphatic rings. The van der Waals surface area contributed by atoms with Crippen LogP contribution in [0, 0.1) is 17.1 Å². The van der Waals surface area contributed by atoms with Crippen LogP contribution in [0.3, 0.4) is 0 Å². The number of rotatable bonds is 9. The van der Waals surface area contributed by atoms with Gasteiger partial charge in [-0.2, -0.15) is 14.0 Å². The molecular weight excluding hydrogens is 524 g/mol. The molecule has 0 heterocycles. The molecule has 0 aromatic heterocycles. The summed E-state index contributed by atoms with van der Waals surface area (Å²) >= 11 is 0. The van der Waals surface area contributed by atoms with Gasteiger partial charge < -0.3 is 20.1 Å². The second-order valence-electron chi connectivity index (χ2n) is 6.02. The van der Waals surface area contributed by atoms with Crippen LogP contribution in [-0.4, -0.2) is 25.7 Å². The van der Waals surface area contributed by atoms with Crippen LogP contribution in [0.5, 0.6) is 11.5 Å². The maximum absolute atomic E-state index is 14.0. The molecule has 0 atom stereocenters. The van der Waals surface area contributed by atoms with Gasteiger partial charge in [0.05, 0.1) is 24.8 Å². The van der Waals surface area contributed by atoms with Crippen LogP contribution in [0.4, 0.5) is 13.2 Å². The van der Waals surface area contributed by atoms with Gasteiger partial charge in [0.15, 0.2) is 17.5 Å². The highest BCUT2D eigenvalue weighted by atomic mass is 127. The van der Waals surface area contributed by atoms with Gasteiger partial charge in [-0.1, -0.05) is 12.1 Å². The normalized spacial score (nSPS) is 10.8.